The summed E-state index contributed by atoms with van der Waals surface area (Å²) in [5.74, 6) is 0.344. The summed E-state index contributed by atoms with van der Waals surface area (Å²) < 4.78 is 5.25. The third kappa shape index (κ3) is 4.18. The van der Waals surface area contributed by atoms with Crippen molar-refractivity contribution in [3.8, 4) is 0 Å². The number of rotatable bonds is 5. The fourth-order valence-corrected chi connectivity index (χ4v) is 1.30. The molecule has 1 rings (SSSR count). The molecular weight excluding hydrogens is 224 g/mol. The average Bonchev–Trinajstić information content (AvgIpc) is 2.68. The van der Waals surface area contributed by atoms with E-state index in [1.54, 1.807) is 26.0 Å². The van der Waals surface area contributed by atoms with E-state index in [1.807, 2.05) is 0 Å². The number of aryl methyl sites for hydroxylation is 1. The standard InChI is InChI=1S/C11H16N2O4/c1-3-9(10(14)15)13-11(16)12-6-8-5-4-7(2)17-8/h4-5,9H,3,6H2,1-2H3,(H,14,15)(H2,12,13,16)/t9-/m1/s1. The zero-order valence-electron chi connectivity index (χ0n) is 9.82. The van der Waals surface area contributed by atoms with Gasteiger partial charge < -0.3 is 20.2 Å². The molecule has 1 aromatic rings. The van der Waals surface area contributed by atoms with Gasteiger partial charge in [0.25, 0.3) is 0 Å². The lowest BCUT2D eigenvalue weighted by Gasteiger charge is -2.12. The maximum Gasteiger partial charge on any atom is 0.326 e. The van der Waals surface area contributed by atoms with E-state index >= 15 is 0 Å². The van der Waals surface area contributed by atoms with Gasteiger partial charge >= 0.3 is 12.0 Å². The van der Waals surface area contributed by atoms with Gasteiger partial charge in [0.1, 0.15) is 17.6 Å². The molecule has 0 saturated heterocycles. The number of carbonyl (C=O) groups is 2. The molecular formula is C11H16N2O4. The van der Waals surface area contributed by atoms with Crippen molar-refractivity contribution in [2.24, 2.45) is 0 Å². The molecule has 2 amide bonds. The number of hydrogen-bond acceptors (Lipinski definition) is 3. The van der Waals surface area contributed by atoms with Gasteiger partial charge in [-0.1, -0.05) is 6.92 Å². The quantitative estimate of drug-likeness (QED) is 0.722. The smallest absolute Gasteiger partial charge is 0.326 e. The lowest BCUT2D eigenvalue weighted by Crippen LogP contribution is -2.45. The monoisotopic (exact) mass is 240 g/mol. The van der Waals surface area contributed by atoms with Crippen molar-refractivity contribution in [3.05, 3.63) is 23.7 Å². The molecule has 0 aliphatic carbocycles. The molecule has 0 bridgehead atoms. The van der Waals surface area contributed by atoms with Gasteiger partial charge in [0.05, 0.1) is 6.54 Å². The molecule has 1 atom stereocenters. The summed E-state index contributed by atoms with van der Waals surface area (Å²) >= 11 is 0. The van der Waals surface area contributed by atoms with E-state index in [4.69, 9.17) is 9.52 Å². The second-order valence-corrected chi connectivity index (χ2v) is 3.64. The van der Waals surface area contributed by atoms with Crippen LogP contribution in [0.3, 0.4) is 0 Å². The first-order chi connectivity index (χ1) is 8.02. The van der Waals surface area contributed by atoms with Crippen LogP contribution < -0.4 is 10.6 Å². The molecule has 0 fully saturated rings. The van der Waals surface area contributed by atoms with Crippen LogP contribution in [0.5, 0.6) is 0 Å². The number of urea groups is 1. The summed E-state index contributed by atoms with van der Waals surface area (Å²) in [5, 5.41) is 13.6. The molecule has 0 unspecified atom stereocenters. The van der Waals surface area contributed by atoms with Crippen LogP contribution in [0.2, 0.25) is 0 Å². The van der Waals surface area contributed by atoms with Crippen molar-refractivity contribution in [2.45, 2.75) is 32.9 Å². The molecule has 0 spiro atoms. The van der Waals surface area contributed by atoms with Gasteiger partial charge in [-0.15, -0.1) is 0 Å². The predicted molar refractivity (Wildman–Crippen MR) is 60.5 cm³/mol. The highest BCUT2D eigenvalue weighted by atomic mass is 16.4. The van der Waals surface area contributed by atoms with Gasteiger partial charge in [-0.25, -0.2) is 9.59 Å². The van der Waals surface area contributed by atoms with Gasteiger partial charge in [0.2, 0.25) is 0 Å². The fourth-order valence-electron chi connectivity index (χ4n) is 1.30. The number of carboxylic acid groups (broad SMARTS) is 1. The SMILES string of the molecule is CC[C@@H](NC(=O)NCc1ccc(C)o1)C(=O)O. The average molecular weight is 240 g/mol. The second-order valence-electron chi connectivity index (χ2n) is 3.64. The van der Waals surface area contributed by atoms with E-state index in [1.165, 1.54) is 0 Å². The molecule has 17 heavy (non-hydrogen) atoms. The van der Waals surface area contributed by atoms with E-state index in [9.17, 15) is 9.59 Å². The first-order valence-electron chi connectivity index (χ1n) is 5.35. The van der Waals surface area contributed by atoms with Crippen LogP contribution >= 0.6 is 0 Å². The van der Waals surface area contributed by atoms with Gasteiger partial charge in [-0.3, -0.25) is 0 Å². The zero-order valence-corrected chi connectivity index (χ0v) is 9.82. The van der Waals surface area contributed by atoms with Gasteiger partial charge in [-0.05, 0) is 25.5 Å². The normalized spacial score (nSPS) is 11.9. The second kappa shape index (κ2) is 5.93. The number of aliphatic carboxylic acids is 1. The molecule has 0 radical (unpaired) electrons. The van der Waals surface area contributed by atoms with E-state index in [-0.39, 0.29) is 6.54 Å². The largest absolute Gasteiger partial charge is 0.480 e. The number of carbonyl (C=O) groups excluding carboxylic acids is 1. The summed E-state index contributed by atoms with van der Waals surface area (Å²) in [6.07, 6.45) is 0.336. The van der Waals surface area contributed by atoms with Gasteiger partial charge in [0, 0.05) is 0 Å². The molecule has 1 heterocycles. The first-order valence-corrected chi connectivity index (χ1v) is 5.35. The Bertz CT molecular complexity index is 400. The number of nitrogens with one attached hydrogen (secondary N) is 2. The van der Waals surface area contributed by atoms with Crippen LogP contribution in [0.1, 0.15) is 24.9 Å². The molecule has 0 aliphatic rings. The summed E-state index contributed by atoms with van der Waals surface area (Å²) in [6, 6.07) is 2.16. The Balaban J connectivity index is 2.37. The lowest BCUT2D eigenvalue weighted by molar-refractivity contribution is -0.139. The Morgan fingerprint density at radius 1 is 1.47 bits per heavy atom. The highest BCUT2D eigenvalue weighted by Gasteiger charge is 2.17. The Labute approximate surface area is 99.0 Å². The zero-order chi connectivity index (χ0) is 12.8. The molecule has 1 aromatic heterocycles. The summed E-state index contributed by atoms with van der Waals surface area (Å²) in [6.45, 7) is 3.73. The van der Waals surface area contributed by atoms with Crippen molar-refractivity contribution >= 4 is 12.0 Å². The molecule has 94 valence electrons. The van der Waals surface area contributed by atoms with Crippen LogP contribution in [-0.4, -0.2) is 23.1 Å². The Hall–Kier alpha value is -1.98. The summed E-state index contributed by atoms with van der Waals surface area (Å²) in [4.78, 5) is 22.1. The van der Waals surface area contributed by atoms with Crippen LogP contribution in [0, 0.1) is 6.92 Å². The third-order valence-electron chi connectivity index (χ3n) is 2.23. The summed E-state index contributed by atoms with van der Waals surface area (Å²) in [5.41, 5.74) is 0. The minimum absolute atomic E-state index is 0.232. The minimum Gasteiger partial charge on any atom is -0.480 e. The highest BCUT2D eigenvalue weighted by molar-refractivity contribution is 5.82. The van der Waals surface area contributed by atoms with E-state index < -0.39 is 18.0 Å². The highest BCUT2D eigenvalue weighted by Crippen LogP contribution is 2.05. The maximum atomic E-state index is 11.4. The van der Waals surface area contributed by atoms with E-state index in [0.29, 0.717) is 12.2 Å². The van der Waals surface area contributed by atoms with E-state index in [2.05, 4.69) is 10.6 Å². The van der Waals surface area contributed by atoms with Crippen molar-refractivity contribution in [1.29, 1.82) is 0 Å². The first kappa shape index (κ1) is 13.1. The Kier molecular flexibility index (Phi) is 4.56. The number of carboxylic acids is 1. The lowest BCUT2D eigenvalue weighted by atomic mass is 10.2. The van der Waals surface area contributed by atoms with Crippen molar-refractivity contribution in [2.75, 3.05) is 0 Å². The molecule has 3 N–H and O–H groups in total. The predicted octanol–water partition coefficient (Wildman–Crippen LogP) is 1.25. The third-order valence-corrected chi connectivity index (χ3v) is 2.23. The molecule has 6 nitrogen and oxygen atoms in total. The molecule has 6 heteroatoms. The molecule has 0 saturated carbocycles. The van der Waals surface area contributed by atoms with Crippen LogP contribution in [0.25, 0.3) is 0 Å². The van der Waals surface area contributed by atoms with Crippen LogP contribution in [0.4, 0.5) is 4.79 Å². The fraction of sp³-hybridized carbons (Fsp3) is 0.455. The Morgan fingerprint density at radius 2 is 2.18 bits per heavy atom. The van der Waals surface area contributed by atoms with Crippen LogP contribution in [0.15, 0.2) is 16.5 Å². The number of amides is 2. The van der Waals surface area contributed by atoms with Crippen molar-refractivity contribution in [3.63, 3.8) is 0 Å². The number of hydrogen-bond donors (Lipinski definition) is 3. The van der Waals surface area contributed by atoms with Crippen molar-refractivity contribution in [1.82, 2.24) is 10.6 Å². The van der Waals surface area contributed by atoms with Crippen molar-refractivity contribution < 1.29 is 19.1 Å². The minimum atomic E-state index is -1.04. The summed E-state index contributed by atoms with van der Waals surface area (Å²) in [7, 11) is 0. The van der Waals surface area contributed by atoms with Gasteiger partial charge in [-0.2, -0.15) is 0 Å². The van der Waals surface area contributed by atoms with Crippen LogP contribution in [-0.2, 0) is 11.3 Å². The Morgan fingerprint density at radius 3 is 2.65 bits per heavy atom. The topological polar surface area (TPSA) is 91.6 Å². The number of furan rings is 1. The van der Waals surface area contributed by atoms with Gasteiger partial charge in [0.15, 0.2) is 0 Å². The molecule has 0 aromatic carbocycles. The maximum absolute atomic E-state index is 11.4. The molecule has 0 aliphatic heterocycles. The van der Waals surface area contributed by atoms with E-state index in [0.717, 1.165) is 5.76 Å².